The standard InChI is InChI=1S/C16H21ClFNO3S/c1-11(16(20)19-14-5-3-2-4-6-14)23(21,22)10-12-7-8-13(18)9-15(12)17/h7-9,11,14H,2-6,10H2,1H3,(H,19,20)/t11-/m1/s1. The Hall–Kier alpha value is -1.14. The van der Waals surface area contributed by atoms with Crippen LogP contribution in [0, 0.1) is 5.82 Å². The zero-order valence-electron chi connectivity index (χ0n) is 13.0. The summed E-state index contributed by atoms with van der Waals surface area (Å²) in [7, 11) is -3.72. The molecule has 1 atom stereocenters. The molecule has 1 fully saturated rings. The van der Waals surface area contributed by atoms with Crippen LogP contribution < -0.4 is 5.32 Å². The van der Waals surface area contributed by atoms with Crippen molar-refractivity contribution in [2.45, 2.75) is 56.1 Å². The maximum absolute atomic E-state index is 13.0. The fourth-order valence-corrected chi connectivity index (χ4v) is 4.35. The zero-order chi connectivity index (χ0) is 17.0. The van der Waals surface area contributed by atoms with Gasteiger partial charge in [0.2, 0.25) is 5.91 Å². The highest BCUT2D eigenvalue weighted by Gasteiger charge is 2.30. The maximum atomic E-state index is 13.0. The molecule has 128 valence electrons. The molecule has 7 heteroatoms. The van der Waals surface area contributed by atoms with Crippen LogP contribution in [0.2, 0.25) is 5.02 Å². The fourth-order valence-electron chi connectivity index (χ4n) is 2.71. The van der Waals surface area contributed by atoms with E-state index in [2.05, 4.69) is 5.32 Å². The average Bonchev–Trinajstić information content (AvgIpc) is 2.50. The van der Waals surface area contributed by atoms with Crippen molar-refractivity contribution in [1.29, 1.82) is 0 Å². The van der Waals surface area contributed by atoms with Crippen LogP contribution in [0.3, 0.4) is 0 Å². The van der Waals surface area contributed by atoms with Gasteiger partial charge in [-0.25, -0.2) is 12.8 Å². The highest BCUT2D eigenvalue weighted by Crippen LogP contribution is 2.22. The number of hydrogen-bond acceptors (Lipinski definition) is 3. The topological polar surface area (TPSA) is 63.2 Å². The van der Waals surface area contributed by atoms with E-state index in [4.69, 9.17) is 11.6 Å². The van der Waals surface area contributed by atoms with Gasteiger partial charge >= 0.3 is 0 Å². The van der Waals surface area contributed by atoms with Crippen LogP contribution in [-0.2, 0) is 20.4 Å². The van der Waals surface area contributed by atoms with E-state index >= 15 is 0 Å². The van der Waals surface area contributed by atoms with Gasteiger partial charge in [0.25, 0.3) is 0 Å². The molecule has 0 aromatic heterocycles. The van der Waals surface area contributed by atoms with Gasteiger partial charge in [0.15, 0.2) is 9.84 Å². The Labute approximate surface area is 141 Å². The largest absolute Gasteiger partial charge is 0.352 e. The monoisotopic (exact) mass is 361 g/mol. The molecule has 1 aliphatic rings. The first-order valence-corrected chi connectivity index (χ1v) is 9.85. The van der Waals surface area contributed by atoms with Crippen LogP contribution in [0.25, 0.3) is 0 Å². The average molecular weight is 362 g/mol. The van der Waals surface area contributed by atoms with Crippen molar-refractivity contribution < 1.29 is 17.6 Å². The van der Waals surface area contributed by atoms with Crippen LogP contribution in [0.5, 0.6) is 0 Å². The molecule has 0 saturated heterocycles. The zero-order valence-corrected chi connectivity index (χ0v) is 14.6. The second-order valence-electron chi connectivity index (χ2n) is 6.03. The number of sulfone groups is 1. The van der Waals surface area contributed by atoms with Gasteiger partial charge in [0.1, 0.15) is 11.1 Å². The highest BCUT2D eigenvalue weighted by atomic mass is 35.5. The molecule has 2 rings (SSSR count). The number of carbonyl (C=O) groups is 1. The van der Waals surface area contributed by atoms with Crippen molar-refractivity contribution in [1.82, 2.24) is 5.32 Å². The summed E-state index contributed by atoms with van der Waals surface area (Å²) < 4.78 is 37.8. The van der Waals surface area contributed by atoms with Crippen molar-refractivity contribution in [3.05, 3.63) is 34.6 Å². The van der Waals surface area contributed by atoms with E-state index in [1.165, 1.54) is 13.0 Å². The first-order valence-electron chi connectivity index (χ1n) is 7.75. The summed E-state index contributed by atoms with van der Waals surface area (Å²) in [6, 6.07) is 3.62. The van der Waals surface area contributed by atoms with Crippen LogP contribution >= 0.6 is 11.6 Å². The molecule has 0 bridgehead atoms. The molecule has 0 unspecified atom stereocenters. The molecule has 1 N–H and O–H groups in total. The highest BCUT2D eigenvalue weighted by molar-refractivity contribution is 7.92. The summed E-state index contributed by atoms with van der Waals surface area (Å²) in [6.45, 7) is 1.38. The molecule has 0 heterocycles. The van der Waals surface area contributed by atoms with Gasteiger partial charge in [0, 0.05) is 11.1 Å². The van der Waals surface area contributed by atoms with Gasteiger partial charge in [0.05, 0.1) is 5.75 Å². The normalized spacial score (nSPS) is 17.7. The van der Waals surface area contributed by atoms with E-state index in [1.54, 1.807) is 0 Å². The number of nitrogens with one attached hydrogen (secondary N) is 1. The molecule has 1 aromatic rings. The first kappa shape index (κ1) is 18.2. The smallest absolute Gasteiger partial charge is 0.238 e. The Kier molecular flexibility index (Phi) is 6.03. The molecular formula is C16H21ClFNO3S. The second-order valence-corrected chi connectivity index (χ2v) is 8.76. The van der Waals surface area contributed by atoms with Crippen LogP contribution in [0.1, 0.15) is 44.6 Å². The number of benzene rings is 1. The van der Waals surface area contributed by atoms with E-state index in [0.717, 1.165) is 44.2 Å². The lowest BCUT2D eigenvalue weighted by molar-refractivity contribution is -0.121. The number of halogens is 2. The quantitative estimate of drug-likeness (QED) is 0.875. The Morgan fingerprint density at radius 3 is 2.61 bits per heavy atom. The minimum atomic E-state index is -3.72. The Balaban J connectivity index is 2.03. The molecule has 0 radical (unpaired) electrons. The summed E-state index contributed by atoms with van der Waals surface area (Å²) in [5.41, 5.74) is 0.297. The number of rotatable bonds is 5. The predicted octanol–water partition coefficient (Wildman–Crippen LogP) is 3.23. The van der Waals surface area contributed by atoms with Gasteiger partial charge < -0.3 is 5.32 Å². The lowest BCUT2D eigenvalue weighted by Crippen LogP contribution is -2.44. The van der Waals surface area contributed by atoms with Crippen molar-refractivity contribution in [3.63, 3.8) is 0 Å². The minimum Gasteiger partial charge on any atom is -0.352 e. The van der Waals surface area contributed by atoms with Gasteiger partial charge in [-0.05, 0) is 37.5 Å². The van der Waals surface area contributed by atoms with E-state index < -0.39 is 26.8 Å². The third-order valence-electron chi connectivity index (χ3n) is 4.23. The van der Waals surface area contributed by atoms with Gasteiger partial charge in [-0.15, -0.1) is 0 Å². The van der Waals surface area contributed by atoms with Crippen molar-refractivity contribution in [3.8, 4) is 0 Å². The number of hydrogen-bond donors (Lipinski definition) is 1. The lowest BCUT2D eigenvalue weighted by atomic mass is 9.95. The lowest BCUT2D eigenvalue weighted by Gasteiger charge is -2.24. The Morgan fingerprint density at radius 2 is 2.00 bits per heavy atom. The summed E-state index contributed by atoms with van der Waals surface area (Å²) in [5.74, 6) is -1.39. The van der Waals surface area contributed by atoms with Gasteiger partial charge in [-0.2, -0.15) is 0 Å². The van der Waals surface area contributed by atoms with Crippen LogP contribution in [0.15, 0.2) is 18.2 Å². The van der Waals surface area contributed by atoms with E-state index in [1.807, 2.05) is 0 Å². The molecule has 1 saturated carbocycles. The van der Waals surface area contributed by atoms with E-state index in [0.29, 0.717) is 5.56 Å². The second kappa shape index (κ2) is 7.62. The molecule has 4 nitrogen and oxygen atoms in total. The Morgan fingerprint density at radius 1 is 1.35 bits per heavy atom. The third-order valence-corrected chi connectivity index (χ3v) is 6.59. The van der Waals surface area contributed by atoms with Gasteiger partial charge in [-0.1, -0.05) is 36.9 Å². The van der Waals surface area contributed by atoms with Crippen molar-refractivity contribution >= 4 is 27.3 Å². The SMILES string of the molecule is C[C@H](C(=O)NC1CCCCC1)S(=O)(=O)Cc1ccc(F)cc1Cl. The van der Waals surface area contributed by atoms with Crippen LogP contribution in [-0.4, -0.2) is 25.6 Å². The first-order chi connectivity index (χ1) is 10.8. The third kappa shape index (κ3) is 4.91. The summed E-state index contributed by atoms with van der Waals surface area (Å²) in [4.78, 5) is 12.2. The molecular weight excluding hydrogens is 341 g/mol. The molecule has 23 heavy (non-hydrogen) atoms. The maximum Gasteiger partial charge on any atom is 0.238 e. The number of carbonyl (C=O) groups excluding carboxylic acids is 1. The summed E-state index contributed by atoms with van der Waals surface area (Å²) in [5, 5.41) is 1.71. The van der Waals surface area contributed by atoms with Crippen molar-refractivity contribution in [2.24, 2.45) is 0 Å². The van der Waals surface area contributed by atoms with E-state index in [9.17, 15) is 17.6 Å². The molecule has 1 amide bonds. The predicted molar refractivity (Wildman–Crippen MR) is 88.5 cm³/mol. The summed E-state index contributed by atoms with van der Waals surface area (Å²) in [6.07, 6.45) is 5.04. The molecule has 0 spiro atoms. The minimum absolute atomic E-state index is 0.0495. The van der Waals surface area contributed by atoms with Crippen LogP contribution in [0.4, 0.5) is 4.39 Å². The number of amides is 1. The molecule has 1 aromatic carbocycles. The van der Waals surface area contributed by atoms with Crippen molar-refractivity contribution in [2.75, 3.05) is 0 Å². The molecule has 1 aliphatic carbocycles. The Bertz CT molecular complexity index is 672. The molecule has 0 aliphatic heterocycles. The fraction of sp³-hybridized carbons (Fsp3) is 0.562. The van der Waals surface area contributed by atoms with E-state index in [-0.39, 0.29) is 16.8 Å². The summed E-state index contributed by atoms with van der Waals surface area (Å²) >= 11 is 5.87. The van der Waals surface area contributed by atoms with Gasteiger partial charge in [-0.3, -0.25) is 4.79 Å².